The van der Waals surface area contributed by atoms with Crippen LogP contribution in [0, 0.1) is 5.92 Å². The third-order valence-electron chi connectivity index (χ3n) is 5.11. The fourth-order valence-electron chi connectivity index (χ4n) is 3.93. The Hall–Kier alpha value is -1.89. The number of fused-ring (bicyclic) bond motifs is 2. The van der Waals surface area contributed by atoms with E-state index >= 15 is 0 Å². The minimum Gasteiger partial charge on any atom is -0.462 e. The third-order valence-corrected chi connectivity index (χ3v) is 5.11. The molecule has 2 bridgehead atoms. The predicted octanol–water partition coefficient (Wildman–Crippen LogP) is 2.23. The van der Waals surface area contributed by atoms with Crippen LogP contribution in [-0.2, 0) is 28.6 Å². The number of hydrogen-bond acceptors (Lipinski definition) is 6. The summed E-state index contributed by atoms with van der Waals surface area (Å²) < 4.78 is 16.3. The van der Waals surface area contributed by atoms with E-state index in [1.165, 1.54) is 0 Å². The third kappa shape index (κ3) is 4.89. The molecule has 1 saturated carbocycles. The molecule has 152 valence electrons. The fraction of sp³-hybridized carbons (Fsp3) is 0.750. The summed E-state index contributed by atoms with van der Waals surface area (Å²) in [6, 6.07) is -0.175. The van der Waals surface area contributed by atoms with Gasteiger partial charge in [-0.15, -0.1) is 0 Å². The van der Waals surface area contributed by atoms with E-state index in [0.717, 1.165) is 0 Å². The molecule has 0 spiro atoms. The molecule has 4 atom stereocenters. The number of ether oxygens (including phenoxy) is 3. The van der Waals surface area contributed by atoms with Crippen molar-refractivity contribution in [2.24, 2.45) is 5.92 Å². The Morgan fingerprint density at radius 3 is 2.48 bits per heavy atom. The van der Waals surface area contributed by atoms with Crippen LogP contribution in [0.15, 0.2) is 12.2 Å². The van der Waals surface area contributed by atoms with E-state index in [0.29, 0.717) is 24.8 Å². The van der Waals surface area contributed by atoms with Crippen molar-refractivity contribution in [1.82, 2.24) is 4.90 Å². The number of methoxy groups -OCH3 is 1. The van der Waals surface area contributed by atoms with Crippen molar-refractivity contribution in [3.8, 4) is 0 Å². The zero-order chi connectivity index (χ0) is 20.4. The first-order chi connectivity index (χ1) is 12.6. The van der Waals surface area contributed by atoms with Crippen LogP contribution >= 0.6 is 0 Å². The van der Waals surface area contributed by atoms with E-state index in [9.17, 15) is 14.4 Å². The van der Waals surface area contributed by atoms with Crippen molar-refractivity contribution in [3.05, 3.63) is 12.2 Å². The highest BCUT2D eigenvalue weighted by Crippen LogP contribution is 2.42. The first-order valence-electron chi connectivity index (χ1n) is 9.44. The number of nitrogens with zero attached hydrogens (tertiary/aromatic N) is 1. The maximum Gasteiger partial charge on any atom is 0.333 e. The second-order valence-corrected chi connectivity index (χ2v) is 8.36. The molecule has 1 aliphatic heterocycles. The molecule has 4 unspecified atom stereocenters. The first kappa shape index (κ1) is 21.4. The molecule has 7 nitrogen and oxygen atoms in total. The number of hydrogen-bond donors (Lipinski definition) is 0. The maximum atomic E-state index is 12.7. The molecule has 1 aliphatic carbocycles. The van der Waals surface area contributed by atoms with E-state index in [1.54, 1.807) is 14.0 Å². The number of likely N-dealkylation sites (tertiary alicyclic amines) is 1. The van der Waals surface area contributed by atoms with Crippen molar-refractivity contribution in [2.45, 2.75) is 77.2 Å². The molecule has 0 N–H and O–H groups in total. The summed E-state index contributed by atoms with van der Waals surface area (Å²) in [6.45, 7) is 11.2. The summed E-state index contributed by atoms with van der Waals surface area (Å²) in [5.41, 5.74) is -0.0222. The van der Waals surface area contributed by atoms with Gasteiger partial charge in [0.2, 0.25) is 5.91 Å². The van der Waals surface area contributed by atoms with Gasteiger partial charge in [0, 0.05) is 30.6 Å². The van der Waals surface area contributed by atoms with Crippen molar-refractivity contribution >= 4 is 17.8 Å². The van der Waals surface area contributed by atoms with Crippen LogP contribution in [0.4, 0.5) is 0 Å². The molecule has 1 heterocycles. The number of carbonyl (C=O) groups is 3. The van der Waals surface area contributed by atoms with Crippen LogP contribution in [0.1, 0.15) is 53.4 Å². The van der Waals surface area contributed by atoms with Crippen LogP contribution in [-0.4, -0.2) is 60.3 Å². The lowest BCUT2D eigenvalue weighted by molar-refractivity contribution is -0.167. The van der Waals surface area contributed by atoms with E-state index in [1.807, 2.05) is 25.7 Å². The van der Waals surface area contributed by atoms with Gasteiger partial charge in [-0.1, -0.05) is 6.58 Å². The van der Waals surface area contributed by atoms with Crippen molar-refractivity contribution < 1.29 is 28.6 Å². The molecule has 1 amide bonds. The lowest BCUT2D eigenvalue weighted by atomic mass is 9.85. The smallest absolute Gasteiger partial charge is 0.333 e. The summed E-state index contributed by atoms with van der Waals surface area (Å²) in [6.07, 6.45) is 0.974. The molecule has 1 saturated heterocycles. The Bertz CT molecular complexity index is 608. The molecule has 0 aromatic rings. The normalized spacial score (nSPS) is 27.4. The van der Waals surface area contributed by atoms with Crippen LogP contribution in [0.2, 0.25) is 0 Å². The number of esters is 2. The molecular formula is C20H31NO6. The van der Waals surface area contributed by atoms with Gasteiger partial charge in [-0.05, 0) is 47.0 Å². The summed E-state index contributed by atoms with van der Waals surface area (Å²) in [5.74, 6) is -0.804. The Balaban J connectivity index is 1.96. The number of rotatable bonds is 7. The van der Waals surface area contributed by atoms with Crippen LogP contribution in [0.5, 0.6) is 0 Å². The summed E-state index contributed by atoms with van der Waals surface area (Å²) in [4.78, 5) is 38.2. The fourth-order valence-corrected chi connectivity index (χ4v) is 3.93. The zero-order valence-electron chi connectivity index (χ0n) is 16.9. The monoisotopic (exact) mass is 381 g/mol. The molecule has 0 aromatic carbocycles. The molecule has 0 aromatic heterocycles. The Morgan fingerprint density at radius 2 is 1.93 bits per heavy atom. The van der Waals surface area contributed by atoms with E-state index in [-0.39, 0.29) is 48.5 Å². The van der Waals surface area contributed by atoms with Gasteiger partial charge in [-0.3, -0.25) is 9.59 Å². The average molecular weight is 381 g/mol. The van der Waals surface area contributed by atoms with Crippen LogP contribution in [0.3, 0.4) is 0 Å². The van der Waals surface area contributed by atoms with E-state index < -0.39 is 12.1 Å². The van der Waals surface area contributed by atoms with Gasteiger partial charge < -0.3 is 19.1 Å². The van der Waals surface area contributed by atoms with Crippen molar-refractivity contribution in [3.63, 3.8) is 0 Å². The lowest BCUT2D eigenvalue weighted by Crippen LogP contribution is -2.55. The van der Waals surface area contributed by atoms with Gasteiger partial charge in [-0.25, -0.2) is 4.79 Å². The maximum absolute atomic E-state index is 12.7. The molecule has 2 fully saturated rings. The summed E-state index contributed by atoms with van der Waals surface area (Å²) in [5, 5.41) is 0. The first-order valence-corrected chi connectivity index (χ1v) is 9.44. The molecule has 7 heteroatoms. The highest BCUT2D eigenvalue weighted by molar-refractivity contribution is 5.87. The summed E-state index contributed by atoms with van der Waals surface area (Å²) in [7, 11) is 1.58. The van der Waals surface area contributed by atoms with Gasteiger partial charge in [0.1, 0.15) is 6.10 Å². The van der Waals surface area contributed by atoms with Crippen molar-refractivity contribution in [2.75, 3.05) is 13.7 Å². The molecule has 2 aliphatic rings. The highest BCUT2D eigenvalue weighted by atomic mass is 16.6. The van der Waals surface area contributed by atoms with E-state index in [2.05, 4.69) is 6.58 Å². The molecule has 27 heavy (non-hydrogen) atoms. The Labute approximate surface area is 161 Å². The minimum absolute atomic E-state index is 0.0734. The standard InChI is InChI=1S/C20H31NO6/c1-12(2)19(24)26-9-7-8-16(22)27-17-14-10-13(11-15(17)25-6)18(23)21(14)20(3,4)5/h13-15,17H,1,7-11H2,2-6H3. The molecule has 0 radical (unpaired) electrons. The molecule has 2 rings (SSSR count). The van der Waals surface area contributed by atoms with Gasteiger partial charge >= 0.3 is 11.9 Å². The quantitative estimate of drug-likeness (QED) is 0.382. The van der Waals surface area contributed by atoms with Gasteiger partial charge in [0.25, 0.3) is 0 Å². The van der Waals surface area contributed by atoms with E-state index in [4.69, 9.17) is 14.2 Å². The summed E-state index contributed by atoms with van der Waals surface area (Å²) >= 11 is 0. The Kier molecular flexibility index (Phi) is 6.68. The average Bonchev–Trinajstić information content (AvgIpc) is 2.85. The minimum atomic E-state index is -0.484. The number of amides is 1. The second-order valence-electron chi connectivity index (χ2n) is 8.36. The highest BCUT2D eigenvalue weighted by Gasteiger charge is 2.55. The Morgan fingerprint density at radius 1 is 1.26 bits per heavy atom. The van der Waals surface area contributed by atoms with Crippen LogP contribution < -0.4 is 0 Å². The largest absolute Gasteiger partial charge is 0.462 e. The van der Waals surface area contributed by atoms with Gasteiger partial charge in [0.05, 0.1) is 18.8 Å². The molecular weight excluding hydrogens is 350 g/mol. The predicted molar refractivity (Wildman–Crippen MR) is 98.8 cm³/mol. The lowest BCUT2D eigenvalue weighted by Gasteiger charge is -2.41. The number of carbonyl (C=O) groups excluding carboxylic acids is 3. The topological polar surface area (TPSA) is 82.1 Å². The van der Waals surface area contributed by atoms with Crippen LogP contribution in [0.25, 0.3) is 0 Å². The van der Waals surface area contributed by atoms with Crippen molar-refractivity contribution in [1.29, 1.82) is 0 Å². The van der Waals surface area contributed by atoms with Gasteiger partial charge in [0.15, 0.2) is 0 Å². The zero-order valence-corrected chi connectivity index (χ0v) is 16.9. The SMILES string of the molecule is C=C(C)C(=O)OCCCC(=O)OC1C(OC)CC2CC1N(C(C)(C)C)C2=O. The van der Waals surface area contributed by atoms with Gasteiger partial charge in [-0.2, -0.15) is 0 Å². The second kappa shape index (κ2) is 8.42.